The smallest absolute Gasteiger partial charge is 0.234 e. The molecule has 1 aliphatic rings. The van der Waals surface area contributed by atoms with E-state index in [1.165, 1.54) is 24.2 Å². The first kappa shape index (κ1) is 13.5. The van der Waals surface area contributed by atoms with Crippen molar-refractivity contribution < 1.29 is 14.3 Å². The number of carbonyl (C=O) groups is 1. The second-order valence-electron chi connectivity index (χ2n) is 4.15. The van der Waals surface area contributed by atoms with Crippen LogP contribution in [0.4, 0.5) is 11.5 Å². The Balaban J connectivity index is 1.58. The molecule has 1 aromatic carbocycles. The van der Waals surface area contributed by atoms with E-state index >= 15 is 0 Å². The maximum Gasteiger partial charge on any atom is 0.234 e. The van der Waals surface area contributed by atoms with Crippen LogP contribution in [0.1, 0.15) is 0 Å². The zero-order valence-corrected chi connectivity index (χ0v) is 11.7. The molecule has 3 N–H and O–H groups in total. The van der Waals surface area contributed by atoms with Crippen LogP contribution in [0.15, 0.2) is 35.6 Å². The molecule has 2 aromatic rings. The Kier molecular flexibility index (Phi) is 3.78. The van der Waals surface area contributed by atoms with Crippen molar-refractivity contribution in [2.24, 2.45) is 0 Å². The molecule has 0 bridgehead atoms. The molecule has 1 amide bonds. The molecule has 7 nitrogen and oxygen atoms in total. The molecular formula is C13H12N4O3S. The molecule has 2 heterocycles. The lowest BCUT2D eigenvalue weighted by Gasteiger charge is -2.06. The number of fused-ring (bicyclic) bond motifs is 1. The third-order valence-electron chi connectivity index (χ3n) is 2.69. The second-order valence-corrected chi connectivity index (χ2v) is 5.12. The molecule has 0 fully saturated rings. The summed E-state index contributed by atoms with van der Waals surface area (Å²) in [7, 11) is 0. The minimum Gasteiger partial charge on any atom is -0.454 e. The number of hydrogen-bond donors (Lipinski definition) is 2. The first-order chi connectivity index (χ1) is 10.2. The molecule has 0 spiro atoms. The number of amides is 1. The van der Waals surface area contributed by atoms with Crippen molar-refractivity contribution in [2.45, 2.75) is 5.03 Å². The molecule has 108 valence electrons. The normalized spacial score (nSPS) is 12.2. The molecule has 3 rings (SSSR count). The number of nitrogens with one attached hydrogen (secondary N) is 1. The summed E-state index contributed by atoms with van der Waals surface area (Å²) in [6, 6.07) is 5.24. The van der Waals surface area contributed by atoms with Gasteiger partial charge in [0.25, 0.3) is 0 Å². The van der Waals surface area contributed by atoms with Crippen LogP contribution in [0.2, 0.25) is 0 Å². The minimum absolute atomic E-state index is 0.163. The molecule has 8 heteroatoms. The van der Waals surface area contributed by atoms with Gasteiger partial charge in [-0.3, -0.25) is 4.79 Å². The van der Waals surface area contributed by atoms with E-state index in [2.05, 4.69) is 15.3 Å². The van der Waals surface area contributed by atoms with Crippen LogP contribution >= 0.6 is 11.8 Å². The summed E-state index contributed by atoms with van der Waals surface area (Å²) in [5.41, 5.74) is 6.31. The largest absolute Gasteiger partial charge is 0.454 e. The van der Waals surface area contributed by atoms with Gasteiger partial charge in [-0.1, -0.05) is 11.8 Å². The number of nitrogen functional groups attached to an aromatic ring is 1. The van der Waals surface area contributed by atoms with E-state index < -0.39 is 0 Å². The number of thioether (sulfide) groups is 1. The highest BCUT2D eigenvalue weighted by molar-refractivity contribution is 8.00. The predicted octanol–water partition coefficient (Wildman–Crippen LogP) is 1.52. The summed E-state index contributed by atoms with van der Waals surface area (Å²) in [6.45, 7) is 0.203. The monoisotopic (exact) mass is 304 g/mol. The highest BCUT2D eigenvalue weighted by Crippen LogP contribution is 2.34. The van der Waals surface area contributed by atoms with Gasteiger partial charge in [0.1, 0.15) is 5.03 Å². The summed E-state index contributed by atoms with van der Waals surface area (Å²) in [4.78, 5) is 19.9. The molecule has 0 saturated carbocycles. The average molecular weight is 304 g/mol. The Morgan fingerprint density at radius 1 is 1.29 bits per heavy atom. The average Bonchev–Trinajstić information content (AvgIpc) is 2.94. The van der Waals surface area contributed by atoms with Crippen LogP contribution in [0.3, 0.4) is 0 Å². The molecule has 21 heavy (non-hydrogen) atoms. The zero-order chi connectivity index (χ0) is 14.7. The van der Waals surface area contributed by atoms with Crippen LogP contribution in [0, 0.1) is 0 Å². The highest BCUT2D eigenvalue weighted by atomic mass is 32.2. The Labute approximate surface area is 124 Å². The van der Waals surface area contributed by atoms with Crippen molar-refractivity contribution >= 4 is 29.2 Å². The Hall–Kier alpha value is -2.48. The summed E-state index contributed by atoms with van der Waals surface area (Å²) in [5, 5.41) is 3.32. The maximum atomic E-state index is 11.9. The number of carbonyl (C=O) groups excluding carboxylic acids is 1. The number of ether oxygens (including phenoxy) is 2. The molecule has 0 radical (unpaired) electrons. The van der Waals surface area contributed by atoms with Crippen molar-refractivity contribution in [3.05, 3.63) is 30.6 Å². The van der Waals surface area contributed by atoms with Crippen LogP contribution < -0.4 is 20.5 Å². The third-order valence-corrected chi connectivity index (χ3v) is 3.68. The van der Waals surface area contributed by atoms with Crippen molar-refractivity contribution in [1.29, 1.82) is 0 Å². The predicted molar refractivity (Wildman–Crippen MR) is 78.4 cm³/mol. The van der Waals surface area contributed by atoms with E-state index in [4.69, 9.17) is 15.2 Å². The molecule has 1 aliphatic heterocycles. The van der Waals surface area contributed by atoms with Gasteiger partial charge in [0, 0.05) is 24.1 Å². The summed E-state index contributed by atoms with van der Waals surface area (Å²) >= 11 is 1.23. The number of hydrogen-bond acceptors (Lipinski definition) is 7. The Morgan fingerprint density at radius 2 is 2.10 bits per heavy atom. The third kappa shape index (κ3) is 3.16. The van der Waals surface area contributed by atoms with Gasteiger partial charge < -0.3 is 20.5 Å². The Bertz CT molecular complexity index is 680. The lowest BCUT2D eigenvalue weighted by molar-refractivity contribution is -0.113. The van der Waals surface area contributed by atoms with E-state index in [-0.39, 0.29) is 18.5 Å². The van der Waals surface area contributed by atoms with Crippen LogP contribution in [-0.4, -0.2) is 28.4 Å². The van der Waals surface area contributed by atoms with Gasteiger partial charge in [-0.25, -0.2) is 9.97 Å². The number of anilines is 2. The number of aromatic nitrogens is 2. The lowest BCUT2D eigenvalue weighted by atomic mass is 10.3. The lowest BCUT2D eigenvalue weighted by Crippen LogP contribution is -2.14. The van der Waals surface area contributed by atoms with E-state index in [1.54, 1.807) is 18.2 Å². The van der Waals surface area contributed by atoms with Crippen molar-refractivity contribution in [3.63, 3.8) is 0 Å². The number of nitrogens with zero attached hydrogens (tertiary/aromatic N) is 2. The van der Waals surface area contributed by atoms with E-state index in [0.717, 1.165) is 0 Å². The fourth-order valence-electron chi connectivity index (χ4n) is 1.75. The standard InChI is InChI=1S/C13H12N4O3S/c14-12-13(16-4-3-15-12)21-6-11(18)17-8-1-2-9-10(5-8)20-7-19-9/h1-5H,6-7H2,(H2,14,15)(H,17,18). The van der Waals surface area contributed by atoms with Crippen LogP contribution in [-0.2, 0) is 4.79 Å². The molecule has 1 aromatic heterocycles. The van der Waals surface area contributed by atoms with Gasteiger partial charge in [0.15, 0.2) is 17.3 Å². The van der Waals surface area contributed by atoms with E-state index in [1.807, 2.05) is 0 Å². The van der Waals surface area contributed by atoms with Gasteiger partial charge in [-0.2, -0.15) is 0 Å². The van der Waals surface area contributed by atoms with E-state index in [0.29, 0.717) is 28.0 Å². The summed E-state index contributed by atoms with van der Waals surface area (Å²) in [6.07, 6.45) is 3.04. The summed E-state index contributed by atoms with van der Waals surface area (Å²) < 4.78 is 10.5. The molecule has 0 atom stereocenters. The van der Waals surface area contributed by atoms with E-state index in [9.17, 15) is 4.79 Å². The molecular weight excluding hydrogens is 292 g/mol. The molecule has 0 saturated heterocycles. The van der Waals surface area contributed by atoms with Gasteiger partial charge >= 0.3 is 0 Å². The fourth-order valence-corrected chi connectivity index (χ4v) is 2.43. The summed E-state index contributed by atoms with van der Waals surface area (Å²) in [5.74, 6) is 1.65. The van der Waals surface area contributed by atoms with Gasteiger partial charge in [0.2, 0.25) is 12.7 Å². The number of rotatable bonds is 4. The maximum absolute atomic E-state index is 11.9. The number of benzene rings is 1. The van der Waals surface area contributed by atoms with Crippen LogP contribution in [0.5, 0.6) is 11.5 Å². The van der Waals surface area contributed by atoms with Crippen molar-refractivity contribution in [3.8, 4) is 11.5 Å². The first-order valence-electron chi connectivity index (χ1n) is 6.11. The van der Waals surface area contributed by atoms with Gasteiger partial charge in [-0.05, 0) is 12.1 Å². The highest BCUT2D eigenvalue weighted by Gasteiger charge is 2.14. The Morgan fingerprint density at radius 3 is 2.95 bits per heavy atom. The second kappa shape index (κ2) is 5.88. The van der Waals surface area contributed by atoms with Gasteiger partial charge in [0.05, 0.1) is 5.75 Å². The molecule has 0 unspecified atom stereocenters. The quantitative estimate of drug-likeness (QED) is 0.826. The minimum atomic E-state index is -0.163. The fraction of sp³-hybridized carbons (Fsp3) is 0.154. The van der Waals surface area contributed by atoms with Crippen LogP contribution in [0.25, 0.3) is 0 Å². The first-order valence-corrected chi connectivity index (χ1v) is 7.10. The SMILES string of the molecule is Nc1nccnc1SCC(=O)Nc1ccc2c(c1)OCO2. The molecule has 0 aliphatic carbocycles. The van der Waals surface area contributed by atoms with Crippen molar-refractivity contribution in [2.75, 3.05) is 23.6 Å². The number of nitrogens with two attached hydrogens (primary N) is 1. The zero-order valence-electron chi connectivity index (χ0n) is 10.9. The van der Waals surface area contributed by atoms with Crippen molar-refractivity contribution in [1.82, 2.24) is 9.97 Å². The topological polar surface area (TPSA) is 99.4 Å². The van der Waals surface area contributed by atoms with Gasteiger partial charge in [-0.15, -0.1) is 0 Å².